The first-order chi connectivity index (χ1) is 13.4. The number of esters is 1. The number of thioether (sulfide) groups is 1. The highest BCUT2D eigenvalue weighted by molar-refractivity contribution is 8.00. The monoisotopic (exact) mass is 422 g/mol. The van der Waals surface area contributed by atoms with E-state index in [0.29, 0.717) is 29.6 Å². The van der Waals surface area contributed by atoms with Crippen LogP contribution in [0.15, 0.2) is 35.6 Å². The van der Waals surface area contributed by atoms with Crippen LogP contribution in [0.3, 0.4) is 0 Å². The molecule has 1 unspecified atom stereocenters. The third-order valence-electron chi connectivity index (χ3n) is 3.83. The van der Waals surface area contributed by atoms with Crippen LogP contribution in [0, 0.1) is 0 Å². The second kappa shape index (κ2) is 10.9. The maximum absolute atomic E-state index is 12.5. The van der Waals surface area contributed by atoms with Crippen molar-refractivity contribution in [1.29, 1.82) is 0 Å². The van der Waals surface area contributed by atoms with Gasteiger partial charge in [0.05, 0.1) is 11.9 Å². The molecule has 0 bridgehead atoms. The lowest BCUT2D eigenvalue weighted by molar-refractivity contribution is -0.120. The van der Waals surface area contributed by atoms with E-state index in [9.17, 15) is 9.59 Å². The van der Waals surface area contributed by atoms with E-state index in [-0.39, 0.29) is 29.1 Å². The van der Waals surface area contributed by atoms with Crippen LogP contribution in [0.2, 0.25) is 5.02 Å². The number of nitrogens with zero attached hydrogens (tertiary/aromatic N) is 2. The van der Waals surface area contributed by atoms with Gasteiger partial charge in [0.2, 0.25) is 5.91 Å². The molecule has 150 valence electrons. The smallest absolute Gasteiger partial charge is 0.343 e. The van der Waals surface area contributed by atoms with Gasteiger partial charge in [0.15, 0.2) is 5.16 Å². The first kappa shape index (κ1) is 22.0. The maximum Gasteiger partial charge on any atom is 0.343 e. The zero-order valence-electron chi connectivity index (χ0n) is 15.8. The summed E-state index contributed by atoms with van der Waals surface area (Å²) in [7, 11) is 0. The fourth-order valence-corrected chi connectivity index (χ4v) is 3.35. The summed E-state index contributed by atoms with van der Waals surface area (Å²) < 4.78 is 4.90. The van der Waals surface area contributed by atoms with Crippen molar-refractivity contribution in [3.05, 3.63) is 46.6 Å². The molecule has 1 aromatic heterocycles. The zero-order valence-corrected chi connectivity index (χ0v) is 17.3. The van der Waals surface area contributed by atoms with Gasteiger partial charge in [-0.2, -0.15) is 0 Å². The van der Waals surface area contributed by atoms with E-state index in [4.69, 9.17) is 22.1 Å². The number of hydrogen-bond acceptors (Lipinski definition) is 7. The SMILES string of the molecule is CCOC(=O)c1cnc(SC(CC)C(=O)NCCc2ccc(Cl)cc2)nc1N. The van der Waals surface area contributed by atoms with Gasteiger partial charge in [-0.3, -0.25) is 4.79 Å². The summed E-state index contributed by atoms with van der Waals surface area (Å²) in [5.41, 5.74) is 7.04. The van der Waals surface area contributed by atoms with Crippen LogP contribution in [0.25, 0.3) is 0 Å². The van der Waals surface area contributed by atoms with Crippen molar-refractivity contribution in [1.82, 2.24) is 15.3 Å². The number of rotatable bonds is 9. The molecular weight excluding hydrogens is 400 g/mol. The van der Waals surface area contributed by atoms with E-state index in [0.717, 1.165) is 5.56 Å². The van der Waals surface area contributed by atoms with Gasteiger partial charge in [-0.15, -0.1) is 0 Å². The summed E-state index contributed by atoms with van der Waals surface area (Å²) in [5, 5.41) is 3.58. The molecule has 0 spiro atoms. The van der Waals surface area contributed by atoms with Crippen molar-refractivity contribution in [2.75, 3.05) is 18.9 Å². The Morgan fingerprint density at radius 2 is 2.00 bits per heavy atom. The summed E-state index contributed by atoms with van der Waals surface area (Å²) in [6.07, 6.45) is 2.63. The van der Waals surface area contributed by atoms with Gasteiger partial charge in [-0.05, 0) is 37.5 Å². The molecule has 9 heteroatoms. The van der Waals surface area contributed by atoms with E-state index in [2.05, 4.69) is 15.3 Å². The number of benzene rings is 1. The van der Waals surface area contributed by atoms with Gasteiger partial charge < -0.3 is 15.8 Å². The number of carbonyl (C=O) groups is 2. The van der Waals surface area contributed by atoms with Crippen LogP contribution >= 0.6 is 23.4 Å². The Labute approximate surface area is 173 Å². The lowest BCUT2D eigenvalue weighted by atomic mass is 10.1. The molecule has 0 saturated carbocycles. The summed E-state index contributed by atoms with van der Waals surface area (Å²) in [6, 6.07) is 7.51. The number of nitrogens with two attached hydrogens (primary N) is 1. The van der Waals surface area contributed by atoms with E-state index >= 15 is 0 Å². The van der Waals surface area contributed by atoms with E-state index in [1.807, 2.05) is 31.2 Å². The van der Waals surface area contributed by atoms with Crippen LogP contribution in [0.1, 0.15) is 36.2 Å². The quantitative estimate of drug-likeness (QED) is 0.363. The zero-order chi connectivity index (χ0) is 20.5. The number of halogens is 1. The predicted molar refractivity (Wildman–Crippen MR) is 111 cm³/mol. The van der Waals surface area contributed by atoms with Crippen molar-refractivity contribution in [3.63, 3.8) is 0 Å². The summed E-state index contributed by atoms with van der Waals surface area (Å²) in [4.78, 5) is 32.5. The number of hydrogen-bond donors (Lipinski definition) is 2. The number of carbonyl (C=O) groups excluding carboxylic acids is 2. The van der Waals surface area contributed by atoms with E-state index < -0.39 is 5.97 Å². The third kappa shape index (κ3) is 6.38. The Morgan fingerprint density at radius 3 is 2.61 bits per heavy atom. The average Bonchev–Trinajstić information content (AvgIpc) is 2.67. The van der Waals surface area contributed by atoms with Gasteiger partial charge in [0, 0.05) is 17.8 Å². The van der Waals surface area contributed by atoms with Crippen LogP contribution in [-0.4, -0.2) is 40.2 Å². The number of nitrogen functional groups attached to an aromatic ring is 1. The number of nitrogens with one attached hydrogen (secondary N) is 1. The number of ether oxygens (including phenoxy) is 1. The number of aromatic nitrogens is 2. The van der Waals surface area contributed by atoms with Gasteiger partial charge >= 0.3 is 5.97 Å². The minimum atomic E-state index is -0.566. The Morgan fingerprint density at radius 1 is 1.29 bits per heavy atom. The van der Waals surface area contributed by atoms with Crippen molar-refractivity contribution < 1.29 is 14.3 Å². The molecule has 3 N–H and O–H groups in total. The molecule has 2 rings (SSSR count). The standard InChI is InChI=1S/C19H23ClN4O3S/c1-3-15(17(25)22-10-9-12-5-7-13(20)8-6-12)28-19-23-11-14(16(21)24-19)18(26)27-4-2/h5-8,11,15H,3-4,9-10H2,1-2H3,(H,22,25)(H2,21,23,24). The molecule has 28 heavy (non-hydrogen) atoms. The van der Waals surface area contributed by atoms with Crippen molar-refractivity contribution in [3.8, 4) is 0 Å². The van der Waals surface area contributed by atoms with E-state index in [1.54, 1.807) is 6.92 Å². The lowest BCUT2D eigenvalue weighted by Crippen LogP contribution is -2.33. The minimum absolute atomic E-state index is 0.0361. The molecule has 0 aliphatic heterocycles. The molecular formula is C19H23ClN4O3S. The van der Waals surface area contributed by atoms with Gasteiger partial charge in [0.1, 0.15) is 11.4 Å². The summed E-state index contributed by atoms with van der Waals surface area (Å²) in [5.74, 6) is -0.629. The fraction of sp³-hybridized carbons (Fsp3) is 0.368. The second-order valence-electron chi connectivity index (χ2n) is 5.85. The Kier molecular flexibility index (Phi) is 8.53. The highest BCUT2D eigenvalue weighted by Gasteiger charge is 2.21. The highest BCUT2D eigenvalue weighted by Crippen LogP contribution is 2.24. The summed E-state index contributed by atoms with van der Waals surface area (Å²) >= 11 is 7.08. The van der Waals surface area contributed by atoms with Gasteiger partial charge in [-0.1, -0.05) is 42.4 Å². The van der Waals surface area contributed by atoms with Crippen molar-refractivity contribution in [2.24, 2.45) is 0 Å². The second-order valence-corrected chi connectivity index (χ2v) is 7.46. The Hall–Kier alpha value is -2.32. The van der Waals surface area contributed by atoms with Crippen LogP contribution in [-0.2, 0) is 16.0 Å². The molecule has 7 nitrogen and oxygen atoms in total. The van der Waals surface area contributed by atoms with E-state index in [1.165, 1.54) is 18.0 Å². The molecule has 1 heterocycles. The van der Waals surface area contributed by atoms with Gasteiger partial charge in [-0.25, -0.2) is 14.8 Å². The van der Waals surface area contributed by atoms with Crippen molar-refractivity contribution in [2.45, 2.75) is 37.1 Å². The molecule has 0 saturated heterocycles. The number of amides is 1. The first-order valence-corrected chi connectivity index (χ1v) is 10.2. The first-order valence-electron chi connectivity index (χ1n) is 8.93. The molecule has 2 aromatic rings. The van der Waals surface area contributed by atoms with Crippen LogP contribution in [0.4, 0.5) is 5.82 Å². The average molecular weight is 423 g/mol. The van der Waals surface area contributed by atoms with Gasteiger partial charge in [0.25, 0.3) is 0 Å². The molecule has 1 atom stereocenters. The molecule has 0 aliphatic rings. The maximum atomic E-state index is 12.5. The molecule has 1 amide bonds. The molecule has 1 aromatic carbocycles. The minimum Gasteiger partial charge on any atom is -0.462 e. The topological polar surface area (TPSA) is 107 Å². The molecule has 0 fully saturated rings. The third-order valence-corrected chi connectivity index (χ3v) is 5.32. The highest BCUT2D eigenvalue weighted by atomic mass is 35.5. The normalized spacial score (nSPS) is 11.7. The number of anilines is 1. The Balaban J connectivity index is 1.91. The van der Waals surface area contributed by atoms with Crippen LogP contribution < -0.4 is 11.1 Å². The van der Waals surface area contributed by atoms with Crippen molar-refractivity contribution >= 4 is 41.1 Å². The predicted octanol–water partition coefficient (Wildman–Crippen LogP) is 3.12. The summed E-state index contributed by atoms with van der Waals surface area (Å²) in [6.45, 7) is 4.37. The lowest BCUT2D eigenvalue weighted by Gasteiger charge is -2.14. The Bertz CT molecular complexity index is 817. The molecule has 0 aliphatic carbocycles. The largest absolute Gasteiger partial charge is 0.462 e. The fourth-order valence-electron chi connectivity index (χ4n) is 2.35. The molecule has 0 radical (unpaired) electrons. The van der Waals surface area contributed by atoms with Crippen LogP contribution in [0.5, 0.6) is 0 Å².